The lowest BCUT2D eigenvalue weighted by molar-refractivity contribution is 0.314. The molecule has 0 spiro atoms. The van der Waals surface area contributed by atoms with Crippen molar-refractivity contribution in [3.05, 3.63) is 23.8 Å². The van der Waals surface area contributed by atoms with E-state index in [-0.39, 0.29) is 24.8 Å². The standard InChI is InChI=1S/C12H20N2O.2ClH/c1-3-4-7-14(2)9-10-8-11(13)5-6-12(10)15;;/h5-6,8,15H,3-4,7,9,13H2,1-2H3;2*1H. The largest absolute Gasteiger partial charge is 0.508 e. The van der Waals surface area contributed by atoms with Gasteiger partial charge in [-0.05, 0) is 38.2 Å². The van der Waals surface area contributed by atoms with Gasteiger partial charge in [0.15, 0.2) is 0 Å². The molecule has 0 fully saturated rings. The molecule has 0 saturated heterocycles. The molecule has 0 aliphatic heterocycles. The van der Waals surface area contributed by atoms with Crippen LogP contribution >= 0.6 is 24.8 Å². The van der Waals surface area contributed by atoms with E-state index in [4.69, 9.17) is 5.73 Å². The van der Waals surface area contributed by atoms with Gasteiger partial charge in [0, 0.05) is 17.8 Å². The fourth-order valence-electron chi connectivity index (χ4n) is 1.53. The third-order valence-corrected chi connectivity index (χ3v) is 2.44. The summed E-state index contributed by atoms with van der Waals surface area (Å²) in [7, 11) is 2.05. The Labute approximate surface area is 116 Å². The molecule has 3 nitrogen and oxygen atoms in total. The number of phenolic OH excluding ortho intramolecular Hbond substituents is 1. The fraction of sp³-hybridized carbons (Fsp3) is 0.500. The van der Waals surface area contributed by atoms with Crippen LogP contribution in [-0.2, 0) is 6.54 Å². The van der Waals surface area contributed by atoms with Crippen LogP contribution in [0.5, 0.6) is 5.75 Å². The van der Waals surface area contributed by atoms with Crippen LogP contribution < -0.4 is 5.73 Å². The zero-order valence-corrected chi connectivity index (χ0v) is 12.0. The lowest BCUT2D eigenvalue weighted by Gasteiger charge is -2.17. The van der Waals surface area contributed by atoms with Crippen molar-refractivity contribution in [3.8, 4) is 5.75 Å². The second-order valence-corrected chi connectivity index (χ2v) is 3.98. The molecule has 0 bridgehead atoms. The number of unbranched alkanes of at least 4 members (excludes halogenated alkanes) is 1. The number of hydrogen-bond acceptors (Lipinski definition) is 3. The molecule has 17 heavy (non-hydrogen) atoms. The van der Waals surface area contributed by atoms with Crippen LogP contribution in [0.4, 0.5) is 5.69 Å². The molecular weight excluding hydrogens is 259 g/mol. The van der Waals surface area contributed by atoms with Gasteiger partial charge in [-0.2, -0.15) is 0 Å². The maximum Gasteiger partial charge on any atom is 0.120 e. The van der Waals surface area contributed by atoms with E-state index in [1.165, 1.54) is 12.8 Å². The molecule has 0 radical (unpaired) electrons. The summed E-state index contributed by atoms with van der Waals surface area (Å²) in [5.74, 6) is 0.326. The summed E-state index contributed by atoms with van der Waals surface area (Å²) < 4.78 is 0. The highest BCUT2D eigenvalue weighted by Crippen LogP contribution is 2.20. The highest BCUT2D eigenvalue weighted by Gasteiger charge is 2.04. The molecule has 1 aromatic carbocycles. The monoisotopic (exact) mass is 280 g/mol. The number of halogens is 2. The van der Waals surface area contributed by atoms with Crippen LogP contribution in [0.2, 0.25) is 0 Å². The zero-order chi connectivity index (χ0) is 11.3. The highest BCUT2D eigenvalue weighted by molar-refractivity contribution is 5.85. The van der Waals surface area contributed by atoms with Gasteiger partial charge in [0.1, 0.15) is 5.75 Å². The SMILES string of the molecule is CCCCN(C)Cc1cc(N)ccc1O.Cl.Cl. The van der Waals surface area contributed by atoms with Gasteiger partial charge < -0.3 is 15.7 Å². The number of aromatic hydroxyl groups is 1. The normalized spacial score (nSPS) is 9.59. The molecule has 0 saturated carbocycles. The first-order valence-electron chi connectivity index (χ1n) is 5.39. The Kier molecular flexibility index (Phi) is 10.3. The summed E-state index contributed by atoms with van der Waals surface area (Å²) in [5, 5.41) is 9.63. The maximum atomic E-state index is 9.63. The van der Waals surface area contributed by atoms with Crippen molar-refractivity contribution >= 4 is 30.5 Å². The summed E-state index contributed by atoms with van der Waals surface area (Å²) in [6, 6.07) is 5.20. The summed E-state index contributed by atoms with van der Waals surface area (Å²) in [6.45, 7) is 3.97. The quantitative estimate of drug-likeness (QED) is 0.644. The summed E-state index contributed by atoms with van der Waals surface area (Å²) in [6.07, 6.45) is 2.37. The molecule has 0 unspecified atom stereocenters. The van der Waals surface area contributed by atoms with Crippen molar-refractivity contribution in [1.29, 1.82) is 0 Å². The van der Waals surface area contributed by atoms with Crippen LogP contribution in [0.25, 0.3) is 0 Å². The minimum Gasteiger partial charge on any atom is -0.508 e. The fourth-order valence-corrected chi connectivity index (χ4v) is 1.53. The third kappa shape index (κ3) is 6.61. The lowest BCUT2D eigenvalue weighted by atomic mass is 10.1. The molecule has 0 atom stereocenters. The Morgan fingerprint density at radius 3 is 2.53 bits per heavy atom. The first kappa shape index (κ1) is 18.7. The van der Waals surface area contributed by atoms with Crippen LogP contribution in [0, 0.1) is 0 Å². The van der Waals surface area contributed by atoms with Gasteiger partial charge in [0.25, 0.3) is 0 Å². The first-order valence-corrected chi connectivity index (χ1v) is 5.39. The van der Waals surface area contributed by atoms with Crippen molar-refractivity contribution in [2.24, 2.45) is 0 Å². The van der Waals surface area contributed by atoms with Crippen LogP contribution in [0.1, 0.15) is 25.3 Å². The molecular formula is C12H22Cl2N2O. The van der Waals surface area contributed by atoms with E-state index < -0.39 is 0 Å². The van der Waals surface area contributed by atoms with Gasteiger partial charge in [0.2, 0.25) is 0 Å². The molecule has 100 valence electrons. The van der Waals surface area contributed by atoms with Gasteiger partial charge in [-0.15, -0.1) is 24.8 Å². The summed E-state index contributed by atoms with van der Waals surface area (Å²) in [5.41, 5.74) is 7.27. The first-order chi connectivity index (χ1) is 7.13. The van der Waals surface area contributed by atoms with Gasteiger partial charge in [0.05, 0.1) is 0 Å². The lowest BCUT2D eigenvalue weighted by Crippen LogP contribution is -2.19. The second-order valence-electron chi connectivity index (χ2n) is 3.98. The maximum absolute atomic E-state index is 9.63. The number of nitrogens with two attached hydrogens (primary N) is 1. The highest BCUT2D eigenvalue weighted by atomic mass is 35.5. The van der Waals surface area contributed by atoms with Gasteiger partial charge in [-0.1, -0.05) is 13.3 Å². The van der Waals surface area contributed by atoms with E-state index >= 15 is 0 Å². The number of hydrogen-bond donors (Lipinski definition) is 2. The average Bonchev–Trinajstić information content (AvgIpc) is 2.20. The van der Waals surface area contributed by atoms with E-state index in [2.05, 4.69) is 18.9 Å². The van der Waals surface area contributed by atoms with Crippen LogP contribution in [0.3, 0.4) is 0 Å². The number of rotatable bonds is 5. The van der Waals surface area contributed by atoms with E-state index in [1.807, 2.05) is 6.07 Å². The molecule has 1 aromatic rings. The smallest absolute Gasteiger partial charge is 0.120 e. The van der Waals surface area contributed by atoms with Crippen molar-refractivity contribution in [3.63, 3.8) is 0 Å². The number of benzene rings is 1. The zero-order valence-electron chi connectivity index (χ0n) is 10.3. The van der Waals surface area contributed by atoms with E-state index in [9.17, 15) is 5.11 Å². The third-order valence-electron chi connectivity index (χ3n) is 2.44. The van der Waals surface area contributed by atoms with Crippen molar-refractivity contribution in [2.45, 2.75) is 26.3 Å². The van der Waals surface area contributed by atoms with Gasteiger partial charge in [-0.3, -0.25) is 0 Å². The molecule has 3 N–H and O–H groups in total. The molecule has 0 heterocycles. The number of nitrogen functional groups attached to an aromatic ring is 1. The van der Waals surface area contributed by atoms with Crippen LogP contribution in [-0.4, -0.2) is 23.6 Å². The van der Waals surface area contributed by atoms with Crippen LogP contribution in [0.15, 0.2) is 18.2 Å². The molecule has 0 aliphatic carbocycles. The Morgan fingerprint density at radius 1 is 1.29 bits per heavy atom. The molecule has 0 aromatic heterocycles. The molecule has 0 aliphatic rings. The Morgan fingerprint density at radius 2 is 1.94 bits per heavy atom. The topological polar surface area (TPSA) is 49.5 Å². The minimum atomic E-state index is 0. The predicted octanol–water partition coefficient (Wildman–Crippen LogP) is 3.05. The van der Waals surface area contributed by atoms with E-state index in [0.717, 1.165) is 18.7 Å². The van der Waals surface area contributed by atoms with Gasteiger partial charge in [-0.25, -0.2) is 0 Å². The Bertz CT molecular complexity index is 321. The molecule has 1 rings (SSSR count). The van der Waals surface area contributed by atoms with Crippen molar-refractivity contribution in [2.75, 3.05) is 19.3 Å². The summed E-state index contributed by atoms with van der Waals surface area (Å²) >= 11 is 0. The van der Waals surface area contributed by atoms with Crippen molar-refractivity contribution < 1.29 is 5.11 Å². The molecule has 0 amide bonds. The average molecular weight is 281 g/mol. The predicted molar refractivity (Wildman–Crippen MR) is 78.3 cm³/mol. The molecule has 5 heteroatoms. The Hall–Kier alpha value is -0.640. The number of anilines is 1. The van der Waals surface area contributed by atoms with Crippen molar-refractivity contribution in [1.82, 2.24) is 4.90 Å². The minimum absolute atomic E-state index is 0. The number of nitrogens with zero attached hydrogens (tertiary/aromatic N) is 1. The van der Waals surface area contributed by atoms with E-state index in [1.54, 1.807) is 12.1 Å². The number of phenols is 1. The second kappa shape index (κ2) is 9.40. The van der Waals surface area contributed by atoms with E-state index in [0.29, 0.717) is 11.4 Å². The Balaban J connectivity index is 0. The van der Waals surface area contributed by atoms with Gasteiger partial charge >= 0.3 is 0 Å². The summed E-state index contributed by atoms with van der Waals surface area (Å²) in [4.78, 5) is 2.19.